The van der Waals surface area contributed by atoms with Crippen LogP contribution >= 0.6 is 0 Å². The molecule has 34 heavy (non-hydrogen) atoms. The van der Waals surface area contributed by atoms with Gasteiger partial charge >= 0.3 is 5.97 Å². The molecule has 4 nitrogen and oxygen atoms in total. The Labute approximate surface area is 207 Å². The summed E-state index contributed by atoms with van der Waals surface area (Å²) in [4.78, 5) is 11.9. The first-order valence-corrected chi connectivity index (χ1v) is 13.6. The van der Waals surface area contributed by atoms with Crippen LogP contribution in [0.15, 0.2) is 42.5 Å². The van der Waals surface area contributed by atoms with Crippen LogP contribution in [0.25, 0.3) is 10.8 Å². The van der Waals surface area contributed by atoms with Gasteiger partial charge in [0.25, 0.3) is 0 Å². The number of hydrogen-bond acceptors (Lipinski definition) is 4. The Morgan fingerprint density at radius 3 is 2.09 bits per heavy atom. The summed E-state index contributed by atoms with van der Waals surface area (Å²) in [6.45, 7) is 2.88. The molecule has 0 aliphatic heterocycles. The quantitative estimate of drug-likeness (QED) is 0.157. The highest BCUT2D eigenvalue weighted by Gasteiger charge is 2.05. The normalized spacial score (nSPS) is 12.1. The van der Waals surface area contributed by atoms with Crippen molar-refractivity contribution >= 4 is 16.7 Å². The Bertz CT molecular complexity index is 788. The summed E-state index contributed by atoms with van der Waals surface area (Å²) in [6, 6.07) is 14.2. The van der Waals surface area contributed by atoms with Crippen molar-refractivity contribution in [1.29, 1.82) is 0 Å². The number of rotatable bonds is 20. The molecule has 2 aromatic carbocycles. The van der Waals surface area contributed by atoms with Gasteiger partial charge in [-0.2, -0.15) is 0 Å². The second kappa shape index (κ2) is 18.3. The lowest BCUT2D eigenvalue weighted by Crippen LogP contribution is -2.12. The monoisotopic (exact) mass is 470 g/mol. The van der Waals surface area contributed by atoms with E-state index in [9.17, 15) is 9.90 Å². The summed E-state index contributed by atoms with van der Waals surface area (Å²) in [5.41, 5.74) is 0. The summed E-state index contributed by atoms with van der Waals surface area (Å²) >= 11 is 0. The highest BCUT2D eigenvalue weighted by atomic mass is 16.6. The van der Waals surface area contributed by atoms with Gasteiger partial charge in [-0.1, -0.05) is 108 Å². The number of esters is 1. The molecular weight excluding hydrogens is 424 g/mol. The minimum absolute atomic E-state index is 0.0955. The van der Waals surface area contributed by atoms with Crippen LogP contribution in [0.2, 0.25) is 0 Å². The molecule has 0 saturated carbocycles. The van der Waals surface area contributed by atoms with Gasteiger partial charge in [0.1, 0.15) is 19.0 Å². The lowest BCUT2D eigenvalue weighted by molar-refractivity contribution is -0.144. The molecule has 2 rings (SSSR count). The summed E-state index contributed by atoms with van der Waals surface area (Å²) in [5.74, 6) is 0.670. The number of unbranched alkanes of at least 4 members (excludes halogenated alkanes) is 10. The Morgan fingerprint density at radius 2 is 1.38 bits per heavy atom. The van der Waals surface area contributed by atoms with Crippen molar-refractivity contribution in [2.24, 2.45) is 0 Å². The van der Waals surface area contributed by atoms with Crippen molar-refractivity contribution in [1.82, 2.24) is 0 Å². The van der Waals surface area contributed by atoms with Crippen LogP contribution in [0.5, 0.6) is 5.75 Å². The number of aliphatic hydroxyl groups is 1. The molecule has 190 valence electrons. The summed E-state index contributed by atoms with van der Waals surface area (Å²) in [7, 11) is 0. The predicted molar refractivity (Wildman–Crippen MR) is 141 cm³/mol. The molecule has 1 unspecified atom stereocenters. The van der Waals surface area contributed by atoms with E-state index >= 15 is 0 Å². The van der Waals surface area contributed by atoms with E-state index in [1.54, 1.807) is 0 Å². The van der Waals surface area contributed by atoms with Crippen LogP contribution in [-0.4, -0.2) is 30.4 Å². The standard InChI is InChI=1S/C30H46O4/c1-2-3-4-11-18-28(31)19-12-9-7-5-6-8-10-13-20-30(32)34-24-23-33-29-22-21-26-16-14-15-17-27(26)25-29/h14-17,21-22,25,28,31H,2-13,18-20,23-24H2,1H3. The van der Waals surface area contributed by atoms with Crippen LogP contribution in [0.4, 0.5) is 0 Å². The molecule has 1 atom stereocenters. The van der Waals surface area contributed by atoms with Crippen LogP contribution < -0.4 is 4.74 Å². The van der Waals surface area contributed by atoms with E-state index in [2.05, 4.69) is 19.1 Å². The zero-order chi connectivity index (χ0) is 24.3. The van der Waals surface area contributed by atoms with Gasteiger partial charge in [0.05, 0.1) is 6.10 Å². The Hall–Kier alpha value is -2.07. The van der Waals surface area contributed by atoms with Crippen molar-refractivity contribution in [2.45, 2.75) is 109 Å². The predicted octanol–water partition coefficient (Wildman–Crippen LogP) is 7.99. The first-order valence-electron chi connectivity index (χ1n) is 13.6. The third-order valence-corrected chi connectivity index (χ3v) is 6.40. The molecule has 0 spiro atoms. The topological polar surface area (TPSA) is 55.8 Å². The van der Waals surface area contributed by atoms with Crippen molar-refractivity contribution in [3.8, 4) is 5.75 Å². The largest absolute Gasteiger partial charge is 0.490 e. The van der Waals surface area contributed by atoms with Gasteiger partial charge in [-0.05, 0) is 42.2 Å². The molecule has 4 heteroatoms. The molecule has 1 N–H and O–H groups in total. The molecule has 0 aliphatic rings. The molecule has 0 radical (unpaired) electrons. The molecule has 2 aromatic rings. The van der Waals surface area contributed by atoms with Crippen LogP contribution in [-0.2, 0) is 9.53 Å². The van der Waals surface area contributed by atoms with E-state index in [0.717, 1.165) is 43.2 Å². The van der Waals surface area contributed by atoms with Crippen molar-refractivity contribution in [3.63, 3.8) is 0 Å². The van der Waals surface area contributed by atoms with E-state index in [0.29, 0.717) is 19.6 Å². The average molecular weight is 471 g/mol. The van der Waals surface area contributed by atoms with Gasteiger partial charge < -0.3 is 14.6 Å². The van der Waals surface area contributed by atoms with Crippen molar-refractivity contribution in [2.75, 3.05) is 13.2 Å². The summed E-state index contributed by atoms with van der Waals surface area (Å²) < 4.78 is 11.0. The first-order chi connectivity index (χ1) is 16.7. The molecule has 0 amide bonds. The molecular formula is C30H46O4. The molecule has 0 heterocycles. The van der Waals surface area contributed by atoms with E-state index in [4.69, 9.17) is 9.47 Å². The Kier molecular flexibility index (Phi) is 15.1. The number of aliphatic hydroxyl groups excluding tert-OH is 1. The van der Waals surface area contributed by atoms with Crippen LogP contribution in [0, 0.1) is 0 Å². The second-order valence-corrected chi connectivity index (χ2v) is 9.45. The zero-order valence-electron chi connectivity index (χ0n) is 21.3. The molecule has 0 aromatic heterocycles. The van der Waals surface area contributed by atoms with Crippen molar-refractivity contribution in [3.05, 3.63) is 42.5 Å². The van der Waals surface area contributed by atoms with Crippen LogP contribution in [0.3, 0.4) is 0 Å². The molecule has 0 fully saturated rings. The molecule has 0 bridgehead atoms. The van der Waals surface area contributed by atoms with Gasteiger partial charge in [-0.25, -0.2) is 0 Å². The van der Waals surface area contributed by atoms with E-state index < -0.39 is 0 Å². The number of benzene rings is 2. The van der Waals surface area contributed by atoms with Gasteiger partial charge in [0.2, 0.25) is 0 Å². The summed E-state index contributed by atoms with van der Waals surface area (Å²) in [6.07, 6.45) is 16.6. The highest BCUT2D eigenvalue weighted by molar-refractivity contribution is 5.83. The minimum Gasteiger partial charge on any atom is -0.490 e. The summed E-state index contributed by atoms with van der Waals surface area (Å²) in [5, 5.41) is 12.3. The van der Waals surface area contributed by atoms with Gasteiger partial charge in [-0.15, -0.1) is 0 Å². The fraction of sp³-hybridized carbons (Fsp3) is 0.633. The van der Waals surface area contributed by atoms with Crippen molar-refractivity contribution < 1.29 is 19.4 Å². The van der Waals surface area contributed by atoms with Gasteiger partial charge in [0.15, 0.2) is 0 Å². The minimum atomic E-state index is -0.129. The number of carbonyl (C=O) groups excluding carboxylic acids is 1. The Balaban J connectivity index is 1.36. The molecule has 0 saturated heterocycles. The lowest BCUT2D eigenvalue weighted by atomic mass is 10.0. The highest BCUT2D eigenvalue weighted by Crippen LogP contribution is 2.20. The number of hydrogen-bond donors (Lipinski definition) is 1. The second-order valence-electron chi connectivity index (χ2n) is 9.45. The van der Waals surface area contributed by atoms with E-state index in [-0.39, 0.29) is 12.1 Å². The third-order valence-electron chi connectivity index (χ3n) is 6.40. The van der Waals surface area contributed by atoms with Crippen LogP contribution in [0.1, 0.15) is 103 Å². The fourth-order valence-electron chi connectivity index (χ4n) is 4.31. The maximum absolute atomic E-state index is 11.9. The van der Waals surface area contributed by atoms with E-state index in [1.165, 1.54) is 63.2 Å². The van der Waals surface area contributed by atoms with E-state index in [1.807, 2.05) is 30.3 Å². The Morgan fingerprint density at radius 1 is 0.765 bits per heavy atom. The smallest absolute Gasteiger partial charge is 0.305 e. The molecule has 0 aliphatic carbocycles. The average Bonchev–Trinajstić information content (AvgIpc) is 2.85. The zero-order valence-corrected chi connectivity index (χ0v) is 21.3. The first kappa shape index (κ1) is 28.2. The number of fused-ring (bicyclic) bond motifs is 1. The number of carbonyl (C=O) groups is 1. The fourth-order valence-corrected chi connectivity index (χ4v) is 4.31. The van der Waals surface area contributed by atoms with Gasteiger partial charge in [-0.3, -0.25) is 4.79 Å². The van der Waals surface area contributed by atoms with Gasteiger partial charge in [0, 0.05) is 6.42 Å². The third kappa shape index (κ3) is 13.0. The number of ether oxygens (including phenoxy) is 2. The maximum Gasteiger partial charge on any atom is 0.305 e. The maximum atomic E-state index is 11.9. The SMILES string of the molecule is CCCCCCC(O)CCCCCCCCCCC(=O)OCCOc1ccc2ccccc2c1. The lowest BCUT2D eigenvalue weighted by Gasteiger charge is -2.10.